The molecule has 0 aliphatic carbocycles. The summed E-state index contributed by atoms with van der Waals surface area (Å²) in [5.41, 5.74) is 2.91. The third-order valence-corrected chi connectivity index (χ3v) is 2.79. The number of rotatable bonds is 4. The minimum absolute atomic E-state index is 0. The molecule has 0 spiro atoms. The number of hydrogen-bond acceptors (Lipinski definition) is 2. The average Bonchev–Trinajstić information content (AvgIpc) is 2.24. The van der Waals surface area contributed by atoms with E-state index in [-0.39, 0.29) is 28.0 Å². The van der Waals surface area contributed by atoms with E-state index in [0.29, 0.717) is 6.42 Å². The second kappa shape index (κ2) is 6.80. The van der Waals surface area contributed by atoms with Crippen LogP contribution in [0.1, 0.15) is 43.9 Å². The fourth-order valence-corrected chi connectivity index (χ4v) is 2.04. The second-order valence-electron chi connectivity index (χ2n) is 3.78. The van der Waals surface area contributed by atoms with Gasteiger partial charge in [-0.2, -0.15) is 0 Å². The SMILES string of the molecule is CCCc1c(CC)cc([O-])c([O-])c1CC.[Ni+2]. The van der Waals surface area contributed by atoms with E-state index in [4.69, 9.17) is 0 Å². The Morgan fingerprint density at radius 1 is 1.00 bits per heavy atom. The summed E-state index contributed by atoms with van der Waals surface area (Å²) in [6.07, 6.45) is 3.41. The summed E-state index contributed by atoms with van der Waals surface area (Å²) in [6, 6.07) is 1.52. The molecule has 1 aromatic carbocycles. The molecule has 0 aliphatic heterocycles. The van der Waals surface area contributed by atoms with Crippen molar-refractivity contribution in [2.75, 3.05) is 0 Å². The largest absolute Gasteiger partial charge is 2.00 e. The summed E-state index contributed by atoms with van der Waals surface area (Å²) >= 11 is 0. The van der Waals surface area contributed by atoms with Gasteiger partial charge in [-0.25, -0.2) is 0 Å². The second-order valence-corrected chi connectivity index (χ2v) is 3.78. The Bertz CT molecular complexity index is 348. The number of benzene rings is 1. The molecule has 1 aromatic rings. The minimum Gasteiger partial charge on any atom is -0.873 e. The normalized spacial score (nSPS) is 9.94. The molecular formula is C13H18NiO2. The maximum absolute atomic E-state index is 11.7. The van der Waals surface area contributed by atoms with Crippen molar-refractivity contribution in [3.63, 3.8) is 0 Å². The first-order valence-electron chi connectivity index (χ1n) is 5.67. The van der Waals surface area contributed by atoms with E-state index in [1.165, 1.54) is 6.07 Å². The molecular weight excluding hydrogens is 247 g/mol. The van der Waals surface area contributed by atoms with Gasteiger partial charge in [-0.1, -0.05) is 38.8 Å². The Morgan fingerprint density at radius 3 is 2.06 bits per heavy atom. The predicted octanol–water partition coefficient (Wildman–Crippen LogP) is 1.91. The van der Waals surface area contributed by atoms with Gasteiger partial charge in [-0.15, -0.1) is 11.5 Å². The minimum atomic E-state index is -0.344. The topological polar surface area (TPSA) is 46.1 Å². The van der Waals surface area contributed by atoms with E-state index in [1.54, 1.807) is 0 Å². The van der Waals surface area contributed by atoms with E-state index >= 15 is 0 Å². The molecule has 16 heavy (non-hydrogen) atoms. The van der Waals surface area contributed by atoms with Crippen molar-refractivity contribution in [2.24, 2.45) is 0 Å². The van der Waals surface area contributed by atoms with E-state index in [0.717, 1.165) is 36.0 Å². The molecule has 0 atom stereocenters. The summed E-state index contributed by atoms with van der Waals surface area (Å²) in [4.78, 5) is 0. The first-order valence-corrected chi connectivity index (χ1v) is 5.67. The number of hydrogen-bond donors (Lipinski definition) is 0. The van der Waals surface area contributed by atoms with Crippen molar-refractivity contribution >= 4 is 0 Å². The van der Waals surface area contributed by atoms with Crippen LogP contribution in [0.5, 0.6) is 11.5 Å². The molecule has 0 aliphatic rings. The molecule has 0 aromatic heterocycles. The Labute approximate surface area is 108 Å². The van der Waals surface area contributed by atoms with Crippen LogP contribution in [0, 0.1) is 0 Å². The molecule has 92 valence electrons. The summed E-state index contributed by atoms with van der Waals surface area (Å²) in [5, 5.41) is 23.1. The molecule has 2 nitrogen and oxygen atoms in total. The van der Waals surface area contributed by atoms with Gasteiger partial charge in [0.15, 0.2) is 0 Å². The fraction of sp³-hybridized carbons (Fsp3) is 0.538. The molecule has 0 saturated heterocycles. The molecule has 0 heterocycles. The standard InChI is InChI=1S/C13H20O2.Ni/c1-4-7-11-9(5-2)8-12(14)13(15)10(11)6-3;/h8,14-15H,4-7H2,1-3H3;/q;+2/p-2. The van der Waals surface area contributed by atoms with Crippen LogP contribution in [0.15, 0.2) is 6.07 Å². The predicted molar refractivity (Wildman–Crippen MR) is 58.1 cm³/mol. The Balaban J connectivity index is 0.00000225. The molecule has 0 bridgehead atoms. The molecule has 3 heteroatoms. The van der Waals surface area contributed by atoms with Crippen LogP contribution in [-0.4, -0.2) is 0 Å². The van der Waals surface area contributed by atoms with Crippen molar-refractivity contribution in [2.45, 2.75) is 46.5 Å². The zero-order valence-electron chi connectivity index (χ0n) is 10.0. The van der Waals surface area contributed by atoms with E-state index in [2.05, 4.69) is 6.92 Å². The van der Waals surface area contributed by atoms with Gasteiger partial charge in [-0.3, -0.25) is 0 Å². The van der Waals surface area contributed by atoms with Crippen molar-refractivity contribution in [1.82, 2.24) is 0 Å². The smallest absolute Gasteiger partial charge is 0.873 e. The van der Waals surface area contributed by atoms with Crippen molar-refractivity contribution in [3.05, 3.63) is 22.8 Å². The summed E-state index contributed by atoms with van der Waals surface area (Å²) in [5.74, 6) is -0.637. The Kier molecular flexibility index (Phi) is 6.51. The van der Waals surface area contributed by atoms with Crippen LogP contribution in [0.25, 0.3) is 0 Å². The van der Waals surface area contributed by atoms with Crippen LogP contribution in [-0.2, 0) is 35.8 Å². The first-order chi connectivity index (χ1) is 7.15. The van der Waals surface area contributed by atoms with Gasteiger partial charge >= 0.3 is 16.5 Å². The van der Waals surface area contributed by atoms with E-state index in [9.17, 15) is 10.2 Å². The first kappa shape index (κ1) is 15.3. The molecule has 0 fully saturated rings. The third-order valence-electron chi connectivity index (χ3n) is 2.79. The third kappa shape index (κ3) is 2.92. The monoisotopic (exact) mass is 264 g/mol. The average molecular weight is 265 g/mol. The number of aryl methyl sites for hydroxylation is 1. The van der Waals surface area contributed by atoms with E-state index in [1.807, 2.05) is 13.8 Å². The summed E-state index contributed by atoms with van der Waals surface area (Å²) in [7, 11) is 0. The van der Waals surface area contributed by atoms with Crippen molar-refractivity contribution in [1.29, 1.82) is 0 Å². The van der Waals surface area contributed by atoms with Crippen LogP contribution in [0.4, 0.5) is 0 Å². The Hall–Kier alpha value is -0.686. The Morgan fingerprint density at radius 2 is 1.62 bits per heavy atom. The maximum Gasteiger partial charge on any atom is 2.00 e. The van der Waals surface area contributed by atoms with Crippen LogP contribution >= 0.6 is 0 Å². The zero-order valence-corrected chi connectivity index (χ0v) is 11.0. The molecule has 0 saturated carbocycles. The quantitative estimate of drug-likeness (QED) is 0.780. The molecule has 0 unspecified atom stereocenters. The van der Waals surface area contributed by atoms with Crippen molar-refractivity contribution < 1.29 is 26.7 Å². The van der Waals surface area contributed by atoms with Crippen LogP contribution in [0.3, 0.4) is 0 Å². The van der Waals surface area contributed by atoms with Gasteiger partial charge in [0, 0.05) is 0 Å². The molecule has 0 amide bonds. The van der Waals surface area contributed by atoms with Gasteiger partial charge in [0.05, 0.1) is 0 Å². The fourth-order valence-electron chi connectivity index (χ4n) is 2.04. The van der Waals surface area contributed by atoms with Gasteiger partial charge < -0.3 is 10.2 Å². The molecule has 0 radical (unpaired) electrons. The zero-order chi connectivity index (χ0) is 11.4. The van der Waals surface area contributed by atoms with Gasteiger partial charge in [-0.05, 0) is 30.4 Å². The van der Waals surface area contributed by atoms with Gasteiger partial charge in [0.1, 0.15) is 0 Å². The molecule has 0 N–H and O–H groups in total. The van der Waals surface area contributed by atoms with Gasteiger partial charge in [0.2, 0.25) is 0 Å². The van der Waals surface area contributed by atoms with Crippen molar-refractivity contribution in [3.8, 4) is 11.5 Å². The summed E-state index contributed by atoms with van der Waals surface area (Å²) in [6.45, 7) is 6.06. The van der Waals surface area contributed by atoms with Gasteiger partial charge in [0.25, 0.3) is 0 Å². The maximum atomic E-state index is 11.7. The van der Waals surface area contributed by atoms with E-state index < -0.39 is 0 Å². The molecule has 1 rings (SSSR count). The van der Waals surface area contributed by atoms with Crippen LogP contribution in [0.2, 0.25) is 0 Å². The van der Waals surface area contributed by atoms with Crippen LogP contribution < -0.4 is 10.2 Å². The summed E-state index contributed by atoms with van der Waals surface area (Å²) < 4.78 is 0.